The lowest BCUT2D eigenvalue weighted by Crippen LogP contribution is -2.57. The molecule has 0 aliphatic rings. The summed E-state index contributed by atoms with van der Waals surface area (Å²) in [5, 5.41) is 27.7. The number of phenolic OH excluding ortho intramolecular Hbond substituents is 1. The van der Waals surface area contributed by atoms with E-state index in [2.05, 4.69) is 22.9 Å². The summed E-state index contributed by atoms with van der Waals surface area (Å²) in [4.78, 5) is 52.1. The minimum atomic E-state index is -1.15. The van der Waals surface area contributed by atoms with Crippen molar-refractivity contribution >= 4 is 35.5 Å². The average Bonchev–Trinajstić information content (AvgIpc) is 3.09. The second-order valence-corrected chi connectivity index (χ2v) is 13.9. The van der Waals surface area contributed by atoms with Crippen molar-refractivity contribution in [1.29, 1.82) is 0 Å². The first-order valence-corrected chi connectivity index (χ1v) is 19.6. The van der Waals surface area contributed by atoms with Crippen molar-refractivity contribution in [3.05, 3.63) is 65.7 Å². The zero-order chi connectivity index (χ0) is 35.7. The number of carboxylic acid groups (broad SMARTS) is 1. The second kappa shape index (κ2) is 25.4. The Balaban J connectivity index is 1.98. The van der Waals surface area contributed by atoms with Crippen LogP contribution in [0.3, 0.4) is 0 Å². The molecule has 0 heterocycles. The maximum atomic E-state index is 13.8. The highest BCUT2D eigenvalue weighted by atomic mass is 32.2. The van der Waals surface area contributed by atoms with Crippen LogP contribution >= 0.6 is 11.8 Å². The van der Waals surface area contributed by atoms with Crippen molar-refractivity contribution in [2.45, 2.75) is 134 Å². The molecule has 2 aromatic carbocycles. The van der Waals surface area contributed by atoms with Crippen LogP contribution in [0.15, 0.2) is 54.6 Å². The fourth-order valence-corrected chi connectivity index (χ4v) is 6.22. The predicted octanol–water partition coefficient (Wildman–Crippen LogP) is 6.95. The number of unbranched alkanes of at least 4 members (excludes halogenated alkanes) is 12. The topological polar surface area (TPSA) is 145 Å². The lowest BCUT2D eigenvalue weighted by Gasteiger charge is -2.25. The van der Waals surface area contributed by atoms with Crippen molar-refractivity contribution in [2.24, 2.45) is 0 Å². The second-order valence-electron chi connectivity index (χ2n) is 12.9. The number of carbonyl (C=O) groups is 4. The van der Waals surface area contributed by atoms with Gasteiger partial charge in [0.2, 0.25) is 17.7 Å². The Bertz CT molecular complexity index is 1230. The van der Waals surface area contributed by atoms with Gasteiger partial charge in [-0.25, -0.2) is 4.79 Å². The molecule has 0 spiro atoms. The maximum absolute atomic E-state index is 13.8. The summed E-state index contributed by atoms with van der Waals surface area (Å²) in [7, 11) is 0. The molecule has 2 rings (SSSR count). The fraction of sp³-hybridized carbons (Fsp3) is 0.590. The van der Waals surface area contributed by atoms with Gasteiger partial charge in [0.25, 0.3) is 0 Å². The number of thioether (sulfide) groups is 1. The van der Waals surface area contributed by atoms with Crippen molar-refractivity contribution in [2.75, 3.05) is 12.0 Å². The first-order chi connectivity index (χ1) is 23.7. The van der Waals surface area contributed by atoms with Crippen LogP contribution in [0.4, 0.5) is 0 Å². The highest BCUT2D eigenvalue weighted by Crippen LogP contribution is 2.15. The van der Waals surface area contributed by atoms with E-state index in [9.17, 15) is 29.4 Å². The molecule has 49 heavy (non-hydrogen) atoms. The van der Waals surface area contributed by atoms with Gasteiger partial charge < -0.3 is 26.2 Å². The van der Waals surface area contributed by atoms with E-state index in [1.54, 1.807) is 12.1 Å². The Morgan fingerprint density at radius 2 is 1.10 bits per heavy atom. The number of benzene rings is 2. The summed E-state index contributed by atoms with van der Waals surface area (Å²) in [5.74, 6) is -1.94. The van der Waals surface area contributed by atoms with E-state index in [-0.39, 0.29) is 30.9 Å². The van der Waals surface area contributed by atoms with Crippen molar-refractivity contribution in [1.82, 2.24) is 16.0 Å². The molecule has 0 aliphatic carbocycles. The monoisotopic (exact) mass is 697 g/mol. The summed E-state index contributed by atoms with van der Waals surface area (Å²) < 4.78 is 0. The van der Waals surface area contributed by atoms with Crippen LogP contribution in [-0.2, 0) is 32.0 Å². The van der Waals surface area contributed by atoms with Crippen LogP contribution in [0.5, 0.6) is 5.75 Å². The third-order valence-electron chi connectivity index (χ3n) is 8.68. The SMILES string of the molecule is CCCCCCCCCCCCCCCC(=O)N[C@@H](Cc1ccccc1)C(=O)N[C@@H](Cc1ccc(O)cc1)C(=O)N[C@@H](CCSC)C(=O)O. The van der Waals surface area contributed by atoms with Gasteiger partial charge in [0.15, 0.2) is 0 Å². The minimum absolute atomic E-state index is 0.0610. The summed E-state index contributed by atoms with van der Waals surface area (Å²) in [6.07, 6.45) is 18.4. The number of carbonyl (C=O) groups excluding carboxylic acids is 3. The highest BCUT2D eigenvalue weighted by molar-refractivity contribution is 7.98. The Labute approximate surface area is 297 Å². The molecular weight excluding hydrogens is 639 g/mol. The number of carboxylic acids is 1. The summed E-state index contributed by atoms with van der Waals surface area (Å²) in [5.41, 5.74) is 1.52. The number of phenols is 1. The largest absolute Gasteiger partial charge is 0.508 e. The van der Waals surface area contributed by atoms with E-state index < -0.39 is 35.9 Å². The molecule has 272 valence electrons. The number of hydrogen-bond donors (Lipinski definition) is 5. The molecule has 0 aliphatic heterocycles. The lowest BCUT2D eigenvalue weighted by molar-refractivity contribution is -0.142. The lowest BCUT2D eigenvalue weighted by atomic mass is 10.0. The first-order valence-electron chi connectivity index (χ1n) is 18.2. The Kier molecular flexibility index (Phi) is 21.6. The zero-order valence-corrected chi connectivity index (χ0v) is 30.4. The number of nitrogens with one attached hydrogen (secondary N) is 3. The molecule has 0 fully saturated rings. The molecular formula is C39H59N3O6S. The normalized spacial score (nSPS) is 12.9. The number of aromatic hydroxyl groups is 1. The Hall–Kier alpha value is -3.53. The molecule has 0 saturated heterocycles. The van der Waals surface area contributed by atoms with Gasteiger partial charge in [0.1, 0.15) is 23.9 Å². The quantitative estimate of drug-likeness (QED) is 0.0636. The highest BCUT2D eigenvalue weighted by Gasteiger charge is 2.30. The summed E-state index contributed by atoms with van der Waals surface area (Å²) in [6, 6.07) is 12.5. The van der Waals surface area contributed by atoms with Gasteiger partial charge in [-0.3, -0.25) is 14.4 Å². The summed E-state index contributed by atoms with van der Waals surface area (Å²) >= 11 is 1.47. The van der Waals surface area contributed by atoms with Gasteiger partial charge in [0, 0.05) is 19.3 Å². The number of aliphatic carboxylic acids is 1. The molecule has 0 aromatic heterocycles. The molecule has 0 radical (unpaired) electrons. The molecule has 0 bridgehead atoms. The standard InChI is InChI=1S/C39H59N3O6S/c1-3-4-5-6-7-8-9-10-11-12-13-14-18-21-36(44)40-34(28-30-19-16-15-17-20-30)37(45)42-35(29-31-22-24-32(43)25-23-31)38(46)41-33(39(47)48)26-27-49-2/h15-17,19-20,22-25,33-35,43H,3-14,18,21,26-29H2,1-2H3,(H,40,44)(H,41,46)(H,42,45)(H,47,48)/t33-,34-,35-/m0/s1. The van der Waals surface area contributed by atoms with E-state index in [0.29, 0.717) is 17.7 Å². The van der Waals surface area contributed by atoms with Crippen molar-refractivity contribution in [3.8, 4) is 5.75 Å². The first kappa shape index (κ1) is 41.6. The van der Waals surface area contributed by atoms with Gasteiger partial charge in [-0.15, -0.1) is 0 Å². The number of amides is 3. The third-order valence-corrected chi connectivity index (χ3v) is 9.32. The van der Waals surface area contributed by atoms with Crippen LogP contribution in [0.1, 0.15) is 114 Å². The average molecular weight is 698 g/mol. The van der Waals surface area contributed by atoms with Crippen LogP contribution in [0.25, 0.3) is 0 Å². The van der Waals surface area contributed by atoms with Gasteiger partial charge in [-0.05, 0) is 48.1 Å². The molecule has 10 heteroatoms. The zero-order valence-electron chi connectivity index (χ0n) is 29.6. The molecule has 5 N–H and O–H groups in total. The molecule has 9 nitrogen and oxygen atoms in total. The number of hydrogen-bond acceptors (Lipinski definition) is 6. The Morgan fingerprint density at radius 3 is 1.61 bits per heavy atom. The van der Waals surface area contributed by atoms with Crippen LogP contribution in [-0.4, -0.2) is 64.0 Å². The van der Waals surface area contributed by atoms with Crippen LogP contribution < -0.4 is 16.0 Å². The number of rotatable bonds is 27. The van der Waals surface area contributed by atoms with Crippen molar-refractivity contribution < 1.29 is 29.4 Å². The molecule has 3 amide bonds. The van der Waals surface area contributed by atoms with Gasteiger partial charge in [-0.1, -0.05) is 126 Å². The van der Waals surface area contributed by atoms with E-state index in [0.717, 1.165) is 24.8 Å². The Morgan fingerprint density at radius 1 is 0.633 bits per heavy atom. The van der Waals surface area contributed by atoms with Crippen LogP contribution in [0.2, 0.25) is 0 Å². The van der Waals surface area contributed by atoms with E-state index >= 15 is 0 Å². The van der Waals surface area contributed by atoms with Gasteiger partial charge in [-0.2, -0.15) is 11.8 Å². The van der Waals surface area contributed by atoms with Crippen molar-refractivity contribution in [3.63, 3.8) is 0 Å². The van der Waals surface area contributed by atoms with Gasteiger partial charge in [0.05, 0.1) is 0 Å². The molecule has 3 atom stereocenters. The van der Waals surface area contributed by atoms with Crippen LogP contribution in [0, 0.1) is 0 Å². The van der Waals surface area contributed by atoms with Gasteiger partial charge >= 0.3 is 5.97 Å². The maximum Gasteiger partial charge on any atom is 0.326 e. The predicted molar refractivity (Wildman–Crippen MR) is 199 cm³/mol. The molecule has 0 saturated carbocycles. The third kappa shape index (κ3) is 18.7. The van der Waals surface area contributed by atoms with E-state index in [1.165, 1.54) is 88.1 Å². The van der Waals surface area contributed by atoms with E-state index in [4.69, 9.17) is 0 Å². The summed E-state index contributed by atoms with van der Waals surface area (Å²) in [6.45, 7) is 2.24. The smallest absolute Gasteiger partial charge is 0.326 e. The fourth-order valence-electron chi connectivity index (χ4n) is 5.74. The molecule has 0 unspecified atom stereocenters. The minimum Gasteiger partial charge on any atom is -0.508 e. The van der Waals surface area contributed by atoms with E-state index in [1.807, 2.05) is 36.6 Å². The molecule has 2 aromatic rings.